The lowest BCUT2D eigenvalue weighted by molar-refractivity contribution is 0.0336. The van der Waals surface area contributed by atoms with Crippen molar-refractivity contribution in [2.24, 2.45) is 0 Å². The summed E-state index contributed by atoms with van der Waals surface area (Å²) in [6.45, 7) is 3.27. The molecule has 2 heterocycles. The molecule has 0 aromatic heterocycles. The van der Waals surface area contributed by atoms with Crippen molar-refractivity contribution in [2.45, 2.75) is 6.54 Å². The van der Waals surface area contributed by atoms with E-state index in [0.717, 1.165) is 13.1 Å². The van der Waals surface area contributed by atoms with Gasteiger partial charge in [-0.25, -0.2) is 4.79 Å². The fourth-order valence-electron chi connectivity index (χ4n) is 3.42. The normalized spacial score (nSPS) is 17.8. The smallest absolute Gasteiger partial charge is 0.337 e. The van der Waals surface area contributed by atoms with E-state index < -0.39 is 5.97 Å². The summed E-state index contributed by atoms with van der Waals surface area (Å²) in [5.41, 5.74) is 2.17. The van der Waals surface area contributed by atoms with Crippen LogP contribution in [0.15, 0.2) is 42.2 Å². The monoisotopic (exact) mass is 395 g/mol. The van der Waals surface area contributed by atoms with Crippen LogP contribution in [0.3, 0.4) is 0 Å². The van der Waals surface area contributed by atoms with Crippen LogP contribution < -0.4 is 4.74 Å². The highest BCUT2D eigenvalue weighted by Crippen LogP contribution is 2.40. The van der Waals surface area contributed by atoms with Crippen LogP contribution in [0, 0.1) is 0 Å². The quantitative estimate of drug-likeness (QED) is 0.629. The van der Waals surface area contributed by atoms with E-state index in [1.54, 1.807) is 36.4 Å². The lowest BCUT2D eigenvalue weighted by atomic mass is 10.0. The number of allylic oxidation sites excluding steroid dienone is 1. The molecule has 0 bridgehead atoms. The van der Waals surface area contributed by atoms with Gasteiger partial charge in [-0.15, -0.1) is 0 Å². The molecule has 7 heteroatoms. The van der Waals surface area contributed by atoms with E-state index in [9.17, 15) is 14.7 Å². The van der Waals surface area contributed by atoms with Gasteiger partial charge < -0.3 is 19.3 Å². The molecule has 1 saturated heterocycles. The van der Waals surface area contributed by atoms with E-state index >= 15 is 0 Å². The molecule has 7 nitrogen and oxygen atoms in total. The van der Waals surface area contributed by atoms with Crippen LogP contribution in [-0.4, -0.2) is 55.2 Å². The zero-order valence-electron chi connectivity index (χ0n) is 16.0. The van der Waals surface area contributed by atoms with Crippen LogP contribution >= 0.6 is 0 Å². The molecule has 2 aromatic carbocycles. The predicted molar refractivity (Wildman–Crippen MR) is 105 cm³/mol. The van der Waals surface area contributed by atoms with Gasteiger partial charge in [0.2, 0.25) is 5.78 Å². The van der Waals surface area contributed by atoms with E-state index in [1.165, 1.54) is 13.2 Å². The number of rotatable bonds is 4. The molecule has 1 fully saturated rings. The number of nitrogens with zero attached hydrogens (tertiary/aromatic N) is 1. The Morgan fingerprint density at radius 2 is 1.90 bits per heavy atom. The molecule has 0 aliphatic carbocycles. The molecule has 2 aliphatic heterocycles. The zero-order valence-corrected chi connectivity index (χ0v) is 16.0. The largest absolute Gasteiger partial charge is 0.507 e. The first-order valence-corrected chi connectivity index (χ1v) is 9.34. The second kappa shape index (κ2) is 8.06. The van der Waals surface area contributed by atoms with Gasteiger partial charge in [0.1, 0.15) is 11.5 Å². The van der Waals surface area contributed by atoms with Crippen molar-refractivity contribution in [1.29, 1.82) is 0 Å². The highest BCUT2D eigenvalue weighted by molar-refractivity contribution is 6.15. The van der Waals surface area contributed by atoms with Crippen molar-refractivity contribution in [3.8, 4) is 11.5 Å². The third kappa shape index (κ3) is 3.87. The average Bonchev–Trinajstić information content (AvgIpc) is 3.06. The minimum Gasteiger partial charge on any atom is -0.507 e. The van der Waals surface area contributed by atoms with Crippen molar-refractivity contribution in [3.63, 3.8) is 0 Å². The van der Waals surface area contributed by atoms with Crippen molar-refractivity contribution in [1.82, 2.24) is 4.90 Å². The summed E-state index contributed by atoms with van der Waals surface area (Å²) < 4.78 is 15.9. The molecule has 0 atom stereocenters. The minimum atomic E-state index is -0.423. The minimum absolute atomic E-state index is 0.103. The summed E-state index contributed by atoms with van der Waals surface area (Å²) in [4.78, 5) is 26.5. The number of fused-ring (bicyclic) bond motifs is 1. The molecular weight excluding hydrogens is 374 g/mol. The van der Waals surface area contributed by atoms with Crippen molar-refractivity contribution in [2.75, 3.05) is 33.4 Å². The van der Waals surface area contributed by atoms with Crippen LogP contribution in [0.4, 0.5) is 0 Å². The predicted octanol–water partition coefficient (Wildman–Crippen LogP) is 2.63. The molecule has 0 amide bonds. The second-order valence-corrected chi connectivity index (χ2v) is 6.88. The number of ketones is 1. The van der Waals surface area contributed by atoms with Gasteiger partial charge in [0, 0.05) is 19.6 Å². The molecule has 0 unspecified atom stereocenters. The maximum Gasteiger partial charge on any atom is 0.337 e. The zero-order chi connectivity index (χ0) is 20.4. The second-order valence-electron chi connectivity index (χ2n) is 6.88. The summed E-state index contributed by atoms with van der Waals surface area (Å²) >= 11 is 0. The number of benzene rings is 2. The van der Waals surface area contributed by atoms with Crippen LogP contribution in [0.1, 0.15) is 31.8 Å². The summed E-state index contributed by atoms with van der Waals surface area (Å²) in [7, 11) is 1.32. The third-order valence-corrected chi connectivity index (χ3v) is 5.03. The Bertz CT molecular complexity index is 974. The number of esters is 1. The van der Waals surface area contributed by atoms with E-state index in [-0.39, 0.29) is 17.3 Å². The third-order valence-electron chi connectivity index (χ3n) is 5.03. The molecule has 29 heavy (non-hydrogen) atoms. The Morgan fingerprint density at radius 3 is 2.59 bits per heavy atom. The first-order valence-electron chi connectivity index (χ1n) is 9.34. The number of aromatic hydroxyl groups is 1. The Labute approximate surface area is 168 Å². The molecule has 4 rings (SSSR count). The maximum absolute atomic E-state index is 12.8. The SMILES string of the molecule is COC(=O)c1ccc(/C=C2/Oc3c(ccc(O)c3CN3CCOCC3)C2=O)cc1. The van der Waals surface area contributed by atoms with Crippen molar-refractivity contribution < 1.29 is 28.9 Å². The van der Waals surface area contributed by atoms with Gasteiger partial charge in [0.05, 0.1) is 37.0 Å². The highest BCUT2D eigenvalue weighted by Gasteiger charge is 2.31. The summed E-state index contributed by atoms with van der Waals surface area (Å²) in [5.74, 6) is 0.0265. The summed E-state index contributed by atoms with van der Waals surface area (Å²) in [5, 5.41) is 10.4. The van der Waals surface area contributed by atoms with Crippen LogP contribution in [-0.2, 0) is 16.0 Å². The molecule has 2 aliphatic rings. The van der Waals surface area contributed by atoms with Crippen molar-refractivity contribution >= 4 is 17.8 Å². The molecule has 1 N–H and O–H groups in total. The molecule has 150 valence electrons. The molecular formula is C22H21NO6. The van der Waals surface area contributed by atoms with E-state index in [0.29, 0.717) is 47.8 Å². The number of ether oxygens (including phenoxy) is 3. The van der Waals surface area contributed by atoms with Gasteiger partial charge in [-0.2, -0.15) is 0 Å². The number of hydrogen-bond donors (Lipinski definition) is 1. The standard InChI is InChI=1S/C22H21NO6/c1-27-22(26)15-4-2-14(3-5-15)12-19-20(25)16-6-7-18(24)17(21(16)29-19)13-23-8-10-28-11-9-23/h2-7,12,24H,8-11,13H2,1H3/b19-12+. The van der Waals surface area contributed by atoms with E-state index in [1.807, 2.05) is 0 Å². The van der Waals surface area contributed by atoms with Crippen LogP contribution in [0.5, 0.6) is 11.5 Å². The maximum atomic E-state index is 12.8. The number of carbonyl (C=O) groups excluding carboxylic acids is 2. The lowest BCUT2D eigenvalue weighted by Crippen LogP contribution is -2.35. The number of morpholine rings is 1. The van der Waals surface area contributed by atoms with Crippen molar-refractivity contribution in [3.05, 3.63) is 64.4 Å². The van der Waals surface area contributed by atoms with E-state index in [2.05, 4.69) is 9.64 Å². The molecule has 2 aromatic rings. The molecule has 0 saturated carbocycles. The molecule has 0 spiro atoms. The molecule has 0 radical (unpaired) electrons. The number of phenolic OH excluding ortho intramolecular Hbond substituents is 1. The Kier molecular flexibility index (Phi) is 5.33. The number of carbonyl (C=O) groups is 2. The fourth-order valence-corrected chi connectivity index (χ4v) is 3.42. The van der Waals surface area contributed by atoms with Crippen LogP contribution in [0.2, 0.25) is 0 Å². The summed E-state index contributed by atoms with van der Waals surface area (Å²) in [6, 6.07) is 9.79. The van der Waals surface area contributed by atoms with Gasteiger partial charge >= 0.3 is 5.97 Å². The van der Waals surface area contributed by atoms with Gasteiger partial charge in [0.15, 0.2) is 5.76 Å². The summed E-state index contributed by atoms with van der Waals surface area (Å²) in [6.07, 6.45) is 1.62. The highest BCUT2D eigenvalue weighted by atomic mass is 16.5. The topological polar surface area (TPSA) is 85.3 Å². The number of phenols is 1. The first kappa shape index (κ1) is 19.2. The van der Waals surface area contributed by atoms with Gasteiger partial charge in [-0.3, -0.25) is 9.69 Å². The Balaban J connectivity index is 1.60. The number of Topliss-reactive ketones (excluding diaryl/α,β-unsaturated/α-hetero) is 1. The van der Waals surface area contributed by atoms with Gasteiger partial charge in [-0.1, -0.05) is 12.1 Å². The Hall–Kier alpha value is -3.16. The first-order chi connectivity index (χ1) is 14.1. The fraction of sp³-hybridized carbons (Fsp3) is 0.273. The lowest BCUT2D eigenvalue weighted by Gasteiger charge is -2.27. The van der Waals surface area contributed by atoms with Gasteiger partial charge in [-0.05, 0) is 35.9 Å². The number of methoxy groups -OCH3 is 1. The van der Waals surface area contributed by atoms with E-state index in [4.69, 9.17) is 9.47 Å². The van der Waals surface area contributed by atoms with Gasteiger partial charge in [0.25, 0.3) is 0 Å². The average molecular weight is 395 g/mol. The van der Waals surface area contributed by atoms with Crippen LogP contribution in [0.25, 0.3) is 6.08 Å². The number of hydrogen-bond acceptors (Lipinski definition) is 7. The Morgan fingerprint density at radius 1 is 1.17 bits per heavy atom.